The van der Waals surface area contributed by atoms with Crippen LogP contribution in [0.1, 0.15) is 0 Å². The lowest BCUT2D eigenvalue weighted by molar-refractivity contribution is 0.603. The Morgan fingerprint density at radius 1 is 1.37 bits per heavy atom. The standard InChI is InChI=1S/C10H5BrClFINO2S2/c11-10-6(12)4-9(18-10)19(16,17)15-8-2-1-5(13)3-7(8)14/h1-4,15H. The Kier molecular flexibility index (Phi) is 4.76. The van der Waals surface area contributed by atoms with Crippen molar-refractivity contribution in [1.29, 1.82) is 0 Å². The minimum Gasteiger partial charge on any atom is -0.278 e. The fourth-order valence-corrected chi connectivity index (χ4v) is 5.50. The highest BCUT2D eigenvalue weighted by Gasteiger charge is 2.20. The maximum Gasteiger partial charge on any atom is 0.271 e. The average molecular weight is 497 g/mol. The number of sulfonamides is 1. The summed E-state index contributed by atoms with van der Waals surface area (Å²) in [5.74, 6) is -0.422. The minimum absolute atomic E-state index is 0.0875. The molecule has 1 aromatic heterocycles. The first-order valence-electron chi connectivity index (χ1n) is 4.72. The van der Waals surface area contributed by atoms with Gasteiger partial charge in [-0.3, -0.25) is 4.72 Å². The molecule has 0 saturated carbocycles. The number of nitrogens with one attached hydrogen (secondary N) is 1. The van der Waals surface area contributed by atoms with E-state index in [0.717, 1.165) is 11.3 Å². The molecule has 1 aromatic carbocycles. The van der Waals surface area contributed by atoms with Crippen LogP contribution >= 0.6 is 61.5 Å². The number of benzene rings is 1. The molecular formula is C10H5BrClFINO2S2. The minimum atomic E-state index is -3.72. The third-order valence-corrected chi connectivity index (χ3v) is 7.27. The third-order valence-electron chi connectivity index (χ3n) is 2.06. The Morgan fingerprint density at radius 2 is 2.05 bits per heavy atom. The van der Waals surface area contributed by atoms with Gasteiger partial charge in [-0.1, -0.05) is 11.6 Å². The summed E-state index contributed by atoms with van der Waals surface area (Å²) in [6, 6.07) is 5.17. The number of hydrogen-bond acceptors (Lipinski definition) is 3. The van der Waals surface area contributed by atoms with Gasteiger partial charge in [0.2, 0.25) is 0 Å². The Morgan fingerprint density at radius 3 is 2.58 bits per heavy atom. The molecule has 0 aliphatic carbocycles. The van der Waals surface area contributed by atoms with Gasteiger partial charge in [0.15, 0.2) is 0 Å². The van der Waals surface area contributed by atoms with Crippen LogP contribution in [-0.4, -0.2) is 8.42 Å². The van der Waals surface area contributed by atoms with Gasteiger partial charge in [-0.05, 0) is 62.8 Å². The highest BCUT2D eigenvalue weighted by atomic mass is 127. The molecule has 1 heterocycles. The van der Waals surface area contributed by atoms with Crippen LogP contribution in [0.25, 0.3) is 0 Å². The van der Waals surface area contributed by atoms with E-state index in [4.69, 9.17) is 11.6 Å². The van der Waals surface area contributed by atoms with Gasteiger partial charge in [-0.25, -0.2) is 12.8 Å². The van der Waals surface area contributed by atoms with Gasteiger partial charge in [0.05, 0.1) is 14.5 Å². The number of halogens is 4. The summed E-state index contributed by atoms with van der Waals surface area (Å²) in [5.41, 5.74) is 0.322. The fourth-order valence-electron chi connectivity index (χ4n) is 1.23. The molecule has 2 aromatic rings. The molecule has 0 amide bonds. The summed E-state index contributed by atoms with van der Waals surface area (Å²) in [6.45, 7) is 0. The molecule has 0 saturated heterocycles. The van der Waals surface area contributed by atoms with Gasteiger partial charge in [-0.15, -0.1) is 11.3 Å². The zero-order chi connectivity index (χ0) is 14.2. The van der Waals surface area contributed by atoms with E-state index in [1.54, 1.807) is 0 Å². The van der Waals surface area contributed by atoms with Crippen molar-refractivity contribution in [2.45, 2.75) is 4.21 Å². The van der Waals surface area contributed by atoms with E-state index in [0.29, 0.717) is 18.1 Å². The summed E-state index contributed by atoms with van der Waals surface area (Å²) >= 11 is 11.8. The molecule has 0 bridgehead atoms. The Balaban J connectivity index is 2.36. The van der Waals surface area contributed by atoms with E-state index >= 15 is 0 Å². The monoisotopic (exact) mass is 495 g/mol. The number of hydrogen-bond donors (Lipinski definition) is 1. The van der Waals surface area contributed by atoms with Crippen LogP contribution in [0.2, 0.25) is 5.02 Å². The third kappa shape index (κ3) is 3.60. The summed E-state index contributed by atoms with van der Waals surface area (Å²) in [6.07, 6.45) is 0. The molecule has 1 N–H and O–H groups in total. The first kappa shape index (κ1) is 15.5. The number of anilines is 1. The first-order chi connectivity index (χ1) is 8.79. The van der Waals surface area contributed by atoms with E-state index in [-0.39, 0.29) is 4.21 Å². The van der Waals surface area contributed by atoms with E-state index in [1.807, 2.05) is 22.6 Å². The maximum absolute atomic E-state index is 13.0. The SMILES string of the molecule is O=S(=O)(Nc1ccc(F)cc1I)c1cc(Cl)c(Br)s1. The fraction of sp³-hybridized carbons (Fsp3) is 0. The van der Waals surface area contributed by atoms with Crippen molar-refractivity contribution in [1.82, 2.24) is 0 Å². The molecule has 0 spiro atoms. The summed E-state index contributed by atoms with van der Waals surface area (Å²) < 4.78 is 40.7. The molecule has 102 valence electrons. The molecule has 0 fully saturated rings. The van der Waals surface area contributed by atoms with Crippen molar-refractivity contribution in [3.05, 3.63) is 42.5 Å². The largest absolute Gasteiger partial charge is 0.278 e. The van der Waals surface area contributed by atoms with Crippen molar-refractivity contribution in [2.24, 2.45) is 0 Å². The molecule has 0 unspecified atom stereocenters. The Bertz CT molecular complexity index is 716. The molecule has 0 aliphatic rings. The van der Waals surface area contributed by atoms with Crippen LogP contribution in [0.15, 0.2) is 32.3 Å². The number of thiophene rings is 1. The average Bonchev–Trinajstić information content (AvgIpc) is 2.64. The predicted molar refractivity (Wildman–Crippen MR) is 87.0 cm³/mol. The summed E-state index contributed by atoms with van der Waals surface area (Å²) in [5, 5.41) is 0.333. The molecule has 2 rings (SSSR count). The summed E-state index contributed by atoms with van der Waals surface area (Å²) in [7, 11) is -3.72. The Hall–Kier alpha value is 0.1000. The van der Waals surface area contributed by atoms with Crippen LogP contribution in [0.3, 0.4) is 0 Å². The maximum atomic E-state index is 13.0. The topological polar surface area (TPSA) is 46.2 Å². The lowest BCUT2D eigenvalue weighted by Crippen LogP contribution is -2.12. The quantitative estimate of drug-likeness (QED) is 0.626. The van der Waals surface area contributed by atoms with E-state index in [9.17, 15) is 12.8 Å². The lowest BCUT2D eigenvalue weighted by atomic mass is 10.3. The van der Waals surface area contributed by atoms with Gasteiger partial charge >= 0.3 is 0 Å². The smallest absolute Gasteiger partial charge is 0.271 e. The zero-order valence-electron chi connectivity index (χ0n) is 8.95. The van der Waals surface area contributed by atoms with Gasteiger partial charge in [0.25, 0.3) is 10.0 Å². The van der Waals surface area contributed by atoms with E-state index in [1.165, 1.54) is 24.3 Å². The van der Waals surface area contributed by atoms with Gasteiger partial charge in [0, 0.05) is 3.57 Å². The van der Waals surface area contributed by atoms with E-state index < -0.39 is 15.8 Å². The second kappa shape index (κ2) is 5.84. The van der Waals surface area contributed by atoms with Crippen molar-refractivity contribution in [2.75, 3.05) is 4.72 Å². The van der Waals surface area contributed by atoms with Crippen molar-refractivity contribution in [3.63, 3.8) is 0 Å². The van der Waals surface area contributed by atoms with Gasteiger partial charge < -0.3 is 0 Å². The normalized spacial score (nSPS) is 11.6. The van der Waals surface area contributed by atoms with Crippen LogP contribution in [0, 0.1) is 9.39 Å². The second-order valence-electron chi connectivity index (χ2n) is 3.42. The van der Waals surface area contributed by atoms with Crippen molar-refractivity contribution < 1.29 is 12.8 Å². The highest BCUT2D eigenvalue weighted by Crippen LogP contribution is 2.35. The molecule has 3 nitrogen and oxygen atoms in total. The predicted octanol–water partition coefficient (Wildman–Crippen LogP) is 4.71. The van der Waals surface area contributed by atoms with Crippen LogP contribution in [0.4, 0.5) is 10.1 Å². The lowest BCUT2D eigenvalue weighted by Gasteiger charge is -2.08. The zero-order valence-corrected chi connectivity index (χ0v) is 15.1. The van der Waals surface area contributed by atoms with Gasteiger partial charge in [-0.2, -0.15) is 0 Å². The summed E-state index contributed by atoms with van der Waals surface area (Å²) in [4.78, 5) is 0. The molecule has 0 atom stereocenters. The molecule has 0 radical (unpaired) electrons. The van der Waals surface area contributed by atoms with Gasteiger partial charge in [0.1, 0.15) is 10.0 Å². The Labute approximate surface area is 140 Å². The molecule has 9 heteroatoms. The molecular weight excluding hydrogens is 492 g/mol. The molecule has 0 aliphatic heterocycles. The van der Waals surface area contributed by atoms with Crippen LogP contribution < -0.4 is 4.72 Å². The molecule has 19 heavy (non-hydrogen) atoms. The van der Waals surface area contributed by atoms with Crippen molar-refractivity contribution >= 4 is 77.2 Å². The highest BCUT2D eigenvalue weighted by molar-refractivity contribution is 14.1. The van der Waals surface area contributed by atoms with E-state index in [2.05, 4.69) is 20.7 Å². The van der Waals surface area contributed by atoms with Crippen molar-refractivity contribution in [3.8, 4) is 0 Å². The first-order valence-corrected chi connectivity index (χ1v) is 9.27. The van der Waals surface area contributed by atoms with Crippen LogP contribution in [0.5, 0.6) is 0 Å². The van der Waals surface area contributed by atoms with Crippen LogP contribution in [-0.2, 0) is 10.0 Å². The second-order valence-corrected chi connectivity index (χ2v) is 9.27. The number of rotatable bonds is 3.